The van der Waals surface area contributed by atoms with Crippen LogP contribution in [-0.4, -0.2) is 42.2 Å². The molecule has 2 aromatic carbocycles. The number of carbonyl (C=O) groups excluding carboxylic acids is 1. The van der Waals surface area contributed by atoms with Crippen molar-refractivity contribution >= 4 is 12.0 Å². The van der Waals surface area contributed by atoms with Crippen LogP contribution in [-0.2, 0) is 11.3 Å². The van der Waals surface area contributed by atoms with Crippen molar-refractivity contribution < 1.29 is 18.8 Å². The Hall–Kier alpha value is -3.61. The van der Waals surface area contributed by atoms with Gasteiger partial charge in [0.2, 0.25) is 17.6 Å². The van der Waals surface area contributed by atoms with Crippen LogP contribution in [0.4, 0.5) is 0 Å². The lowest BCUT2D eigenvalue weighted by molar-refractivity contribution is -0.125. The zero-order valence-electron chi connectivity index (χ0n) is 16.9. The summed E-state index contributed by atoms with van der Waals surface area (Å²) < 4.78 is 15.8. The predicted octanol–water partition coefficient (Wildman–Crippen LogP) is 3.73. The minimum Gasteiger partial charge on any atom is -0.493 e. The number of benzene rings is 2. The van der Waals surface area contributed by atoms with Gasteiger partial charge in [-0.05, 0) is 36.8 Å². The predicted molar refractivity (Wildman–Crippen MR) is 110 cm³/mol. The maximum Gasteiger partial charge on any atom is 0.246 e. The number of rotatable bonds is 7. The summed E-state index contributed by atoms with van der Waals surface area (Å²) in [4.78, 5) is 18.3. The summed E-state index contributed by atoms with van der Waals surface area (Å²) in [6.45, 7) is 2.22. The number of nitrogens with zero attached hydrogens (tertiary/aromatic N) is 3. The molecule has 1 heterocycles. The molecule has 7 heteroatoms. The van der Waals surface area contributed by atoms with E-state index in [1.165, 1.54) is 11.0 Å². The number of aryl methyl sites for hydroxylation is 1. The van der Waals surface area contributed by atoms with E-state index >= 15 is 0 Å². The van der Waals surface area contributed by atoms with Crippen LogP contribution in [0.1, 0.15) is 17.0 Å². The van der Waals surface area contributed by atoms with Gasteiger partial charge in [0.15, 0.2) is 11.5 Å². The minimum absolute atomic E-state index is 0.185. The molecule has 0 fully saturated rings. The second-order valence-corrected chi connectivity index (χ2v) is 6.52. The van der Waals surface area contributed by atoms with E-state index in [1.54, 1.807) is 39.5 Å². The maximum atomic E-state index is 12.4. The normalized spacial score (nSPS) is 10.9. The molecule has 0 aliphatic heterocycles. The molecule has 0 radical (unpaired) electrons. The van der Waals surface area contributed by atoms with Crippen molar-refractivity contribution in [1.82, 2.24) is 15.0 Å². The maximum absolute atomic E-state index is 12.4. The summed E-state index contributed by atoms with van der Waals surface area (Å²) >= 11 is 0. The third-order valence-corrected chi connectivity index (χ3v) is 4.32. The number of likely N-dealkylation sites (N-methyl/N-ethyl adjacent to an activating group) is 1. The van der Waals surface area contributed by atoms with Crippen LogP contribution in [0.5, 0.6) is 11.5 Å². The molecule has 3 rings (SSSR count). The largest absolute Gasteiger partial charge is 0.493 e. The molecule has 0 saturated carbocycles. The highest BCUT2D eigenvalue weighted by molar-refractivity contribution is 5.91. The molecular weight excluding hydrogens is 370 g/mol. The Bertz CT molecular complexity index is 1030. The van der Waals surface area contributed by atoms with Gasteiger partial charge in [0.1, 0.15) is 0 Å². The van der Waals surface area contributed by atoms with E-state index in [2.05, 4.69) is 10.1 Å². The number of amides is 1. The van der Waals surface area contributed by atoms with Crippen LogP contribution in [0.2, 0.25) is 0 Å². The van der Waals surface area contributed by atoms with Gasteiger partial charge in [-0.3, -0.25) is 4.79 Å². The molecule has 0 saturated heterocycles. The summed E-state index contributed by atoms with van der Waals surface area (Å²) in [7, 11) is 4.82. The lowest BCUT2D eigenvalue weighted by Crippen LogP contribution is -2.24. The summed E-state index contributed by atoms with van der Waals surface area (Å²) in [5.41, 5.74) is 2.81. The number of aromatic nitrogens is 2. The van der Waals surface area contributed by atoms with E-state index in [4.69, 9.17) is 14.0 Å². The molecule has 0 aliphatic carbocycles. The lowest BCUT2D eigenvalue weighted by atomic mass is 10.1. The van der Waals surface area contributed by atoms with Crippen molar-refractivity contribution in [3.8, 4) is 22.9 Å². The van der Waals surface area contributed by atoms with Gasteiger partial charge in [0.05, 0.1) is 20.8 Å². The Morgan fingerprint density at radius 2 is 1.93 bits per heavy atom. The fourth-order valence-corrected chi connectivity index (χ4v) is 2.75. The Labute approximate surface area is 169 Å². The first-order chi connectivity index (χ1) is 14.0. The summed E-state index contributed by atoms with van der Waals surface area (Å²) in [5.74, 6) is 1.93. The van der Waals surface area contributed by atoms with E-state index in [9.17, 15) is 4.79 Å². The molecule has 0 N–H and O–H groups in total. The number of ether oxygens (including phenoxy) is 2. The monoisotopic (exact) mass is 393 g/mol. The van der Waals surface area contributed by atoms with Gasteiger partial charge in [0.25, 0.3) is 0 Å². The molecule has 0 spiro atoms. The zero-order valence-corrected chi connectivity index (χ0v) is 16.9. The SMILES string of the molecule is COc1ccc(/C=C/C(=O)N(C)Cc2nc(-c3cccc(C)c3)no2)cc1OC. The van der Waals surface area contributed by atoms with Crippen molar-refractivity contribution in [2.75, 3.05) is 21.3 Å². The van der Waals surface area contributed by atoms with Crippen LogP contribution >= 0.6 is 0 Å². The van der Waals surface area contributed by atoms with Crippen molar-refractivity contribution in [3.05, 3.63) is 65.6 Å². The quantitative estimate of drug-likeness (QED) is 0.569. The van der Waals surface area contributed by atoms with Gasteiger partial charge < -0.3 is 18.9 Å². The third kappa shape index (κ3) is 5.01. The van der Waals surface area contributed by atoms with Gasteiger partial charge in [-0.15, -0.1) is 0 Å². The van der Waals surface area contributed by atoms with Crippen molar-refractivity contribution in [1.29, 1.82) is 0 Å². The summed E-state index contributed by atoms with van der Waals surface area (Å²) in [5, 5.41) is 4.00. The second-order valence-electron chi connectivity index (χ2n) is 6.52. The van der Waals surface area contributed by atoms with Gasteiger partial charge in [-0.1, -0.05) is 35.0 Å². The molecule has 3 aromatic rings. The molecule has 1 aromatic heterocycles. The van der Waals surface area contributed by atoms with Crippen LogP contribution in [0.25, 0.3) is 17.5 Å². The van der Waals surface area contributed by atoms with Gasteiger partial charge in [-0.25, -0.2) is 0 Å². The Morgan fingerprint density at radius 3 is 2.66 bits per heavy atom. The van der Waals surface area contributed by atoms with Crippen LogP contribution < -0.4 is 9.47 Å². The van der Waals surface area contributed by atoms with E-state index in [-0.39, 0.29) is 12.5 Å². The zero-order chi connectivity index (χ0) is 20.8. The Balaban J connectivity index is 1.64. The second kappa shape index (κ2) is 9.05. The Kier molecular flexibility index (Phi) is 6.29. The number of hydrogen-bond donors (Lipinski definition) is 0. The molecule has 150 valence electrons. The van der Waals surface area contributed by atoms with Crippen LogP contribution in [0.15, 0.2) is 53.1 Å². The molecule has 7 nitrogen and oxygen atoms in total. The van der Waals surface area contributed by atoms with Crippen molar-refractivity contribution in [2.45, 2.75) is 13.5 Å². The summed E-state index contributed by atoms with van der Waals surface area (Å²) in [6.07, 6.45) is 3.20. The fourth-order valence-electron chi connectivity index (χ4n) is 2.75. The first kappa shape index (κ1) is 20.1. The highest BCUT2D eigenvalue weighted by Gasteiger charge is 2.13. The topological polar surface area (TPSA) is 77.7 Å². The van der Waals surface area contributed by atoms with Gasteiger partial charge in [0, 0.05) is 18.7 Å². The molecule has 0 aliphatic rings. The highest BCUT2D eigenvalue weighted by atomic mass is 16.5. The number of methoxy groups -OCH3 is 2. The average Bonchev–Trinajstić information content (AvgIpc) is 3.20. The highest BCUT2D eigenvalue weighted by Crippen LogP contribution is 2.28. The van der Waals surface area contributed by atoms with Crippen LogP contribution in [0, 0.1) is 6.92 Å². The molecule has 0 unspecified atom stereocenters. The fraction of sp³-hybridized carbons (Fsp3) is 0.227. The third-order valence-electron chi connectivity index (χ3n) is 4.32. The van der Waals surface area contributed by atoms with E-state index < -0.39 is 0 Å². The van der Waals surface area contributed by atoms with Crippen molar-refractivity contribution in [2.24, 2.45) is 0 Å². The van der Waals surface area contributed by atoms with E-state index in [0.29, 0.717) is 23.2 Å². The molecule has 1 amide bonds. The number of carbonyl (C=O) groups is 1. The smallest absolute Gasteiger partial charge is 0.246 e. The first-order valence-electron chi connectivity index (χ1n) is 9.05. The van der Waals surface area contributed by atoms with Gasteiger partial charge >= 0.3 is 0 Å². The Morgan fingerprint density at radius 1 is 1.14 bits per heavy atom. The minimum atomic E-state index is -0.185. The van der Waals surface area contributed by atoms with E-state index in [0.717, 1.165) is 16.7 Å². The average molecular weight is 393 g/mol. The van der Waals surface area contributed by atoms with Gasteiger partial charge in [-0.2, -0.15) is 4.98 Å². The molecular formula is C22H23N3O4. The standard InChI is InChI=1S/C22H23N3O4/c1-15-6-5-7-17(12-15)22-23-20(29-24-22)14-25(2)21(26)11-9-16-8-10-18(27-3)19(13-16)28-4/h5-13H,14H2,1-4H3/b11-9+. The van der Waals surface area contributed by atoms with E-state index in [1.807, 2.05) is 37.3 Å². The molecule has 29 heavy (non-hydrogen) atoms. The molecule has 0 bridgehead atoms. The number of hydrogen-bond acceptors (Lipinski definition) is 6. The van der Waals surface area contributed by atoms with Crippen molar-refractivity contribution in [3.63, 3.8) is 0 Å². The molecule has 0 atom stereocenters. The lowest BCUT2D eigenvalue weighted by Gasteiger charge is -2.12. The summed E-state index contributed by atoms with van der Waals surface area (Å²) in [6, 6.07) is 13.3. The van der Waals surface area contributed by atoms with Crippen LogP contribution in [0.3, 0.4) is 0 Å². The first-order valence-corrected chi connectivity index (χ1v) is 9.05.